The second-order valence-electron chi connectivity index (χ2n) is 5.44. The Morgan fingerprint density at radius 2 is 1.84 bits per heavy atom. The van der Waals surface area contributed by atoms with Gasteiger partial charge in [-0.3, -0.25) is 0 Å². The zero-order chi connectivity index (χ0) is 18.4. The topological polar surface area (TPSA) is 77.0 Å². The molecule has 0 aliphatic carbocycles. The van der Waals surface area contributed by atoms with Crippen molar-refractivity contribution < 1.29 is 17.9 Å². The number of hydrogen-bond acceptors (Lipinski definition) is 5. The average Bonchev–Trinajstić information content (AvgIpc) is 2.57. The fourth-order valence-corrected chi connectivity index (χ4v) is 3.02. The van der Waals surface area contributed by atoms with E-state index in [0.717, 1.165) is 11.1 Å². The molecule has 0 aromatic heterocycles. The number of methoxy groups -OCH3 is 1. The molecule has 2 aromatic rings. The SMILES string of the molecule is CCOc1cc(/C=N/NS(=O)(=O)c2ccc(C)c(C)c2)ccc1OC. The number of nitrogens with zero attached hydrogens (tertiary/aromatic N) is 1. The van der Waals surface area contributed by atoms with Gasteiger partial charge in [-0.2, -0.15) is 13.5 Å². The van der Waals surface area contributed by atoms with E-state index in [1.165, 1.54) is 6.21 Å². The summed E-state index contributed by atoms with van der Waals surface area (Å²) in [7, 11) is -2.15. The highest BCUT2D eigenvalue weighted by atomic mass is 32.2. The van der Waals surface area contributed by atoms with Crippen LogP contribution >= 0.6 is 0 Å². The van der Waals surface area contributed by atoms with Crippen molar-refractivity contribution in [3.63, 3.8) is 0 Å². The minimum atomic E-state index is -3.71. The van der Waals surface area contributed by atoms with E-state index in [9.17, 15) is 8.42 Å². The third-order valence-electron chi connectivity index (χ3n) is 3.66. The number of nitrogens with one attached hydrogen (secondary N) is 1. The fourth-order valence-electron chi connectivity index (χ4n) is 2.15. The van der Waals surface area contributed by atoms with Gasteiger partial charge in [-0.15, -0.1) is 0 Å². The summed E-state index contributed by atoms with van der Waals surface area (Å²) < 4.78 is 35.3. The fraction of sp³-hybridized carbons (Fsp3) is 0.278. The molecule has 0 atom stereocenters. The molecule has 0 spiro atoms. The van der Waals surface area contributed by atoms with Gasteiger partial charge in [0.1, 0.15) is 0 Å². The highest BCUT2D eigenvalue weighted by Gasteiger charge is 2.13. The molecule has 0 radical (unpaired) electrons. The van der Waals surface area contributed by atoms with Gasteiger partial charge in [0.15, 0.2) is 11.5 Å². The normalized spacial score (nSPS) is 11.5. The summed E-state index contributed by atoms with van der Waals surface area (Å²) in [4.78, 5) is 2.40. The zero-order valence-electron chi connectivity index (χ0n) is 14.7. The number of sulfonamides is 1. The van der Waals surface area contributed by atoms with Crippen LogP contribution in [0, 0.1) is 13.8 Å². The monoisotopic (exact) mass is 362 g/mol. The predicted molar refractivity (Wildman–Crippen MR) is 98.0 cm³/mol. The van der Waals surface area contributed by atoms with Gasteiger partial charge in [0.05, 0.1) is 24.8 Å². The van der Waals surface area contributed by atoms with Crippen LogP contribution in [-0.2, 0) is 10.0 Å². The lowest BCUT2D eigenvalue weighted by atomic mass is 10.1. The predicted octanol–water partition coefficient (Wildman–Crippen LogP) is 3.02. The molecule has 0 bridgehead atoms. The van der Waals surface area contributed by atoms with Gasteiger partial charge in [0.25, 0.3) is 10.0 Å². The van der Waals surface area contributed by atoms with Gasteiger partial charge in [-0.05, 0) is 67.8 Å². The Bertz CT molecular complexity index is 877. The van der Waals surface area contributed by atoms with Gasteiger partial charge in [0, 0.05) is 0 Å². The zero-order valence-corrected chi connectivity index (χ0v) is 15.6. The van der Waals surface area contributed by atoms with Gasteiger partial charge in [-0.25, -0.2) is 4.83 Å². The second-order valence-corrected chi connectivity index (χ2v) is 7.10. The molecule has 7 heteroatoms. The van der Waals surface area contributed by atoms with Crippen molar-refractivity contribution in [3.8, 4) is 11.5 Å². The van der Waals surface area contributed by atoms with Gasteiger partial charge >= 0.3 is 0 Å². The Labute approximate surface area is 148 Å². The largest absolute Gasteiger partial charge is 0.493 e. The molecule has 0 aliphatic rings. The highest BCUT2D eigenvalue weighted by Crippen LogP contribution is 2.27. The van der Waals surface area contributed by atoms with E-state index in [0.29, 0.717) is 23.7 Å². The minimum absolute atomic E-state index is 0.178. The summed E-state index contributed by atoms with van der Waals surface area (Å²) in [5, 5.41) is 3.84. The van der Waals surface area contributed by atoms with Crippen LogP contribution in [0.15, 0.2) is 46.4 Å². The van der Waals surface area contributed by atoms with Crippen molar-refractivity contribution in [1.82, 2.24) is 4.83 Å². The van der Waals surface area contributed by atoms with Gasteiger partial charge in [-0.1, -0.05) is 6.07 Å². The lowest BCUT2D eigenvalue weighted by molar-refractivity contribution is 0.311. The summed E-state index contributed by atoms with van der Waals surface area (Å²) in [6.07, 6.45) is 1.42. The maximum absolute atomic E-state index is 12.3. The Kier molecular flexibility index (Phi) is 6.03. The van der Waals surface area contributed by atoms with Crippen LogP contribution < -0.4 is 14.3 Å². The number of hydrogen-bond donors (Lipinski definition) is 1. The van der Waals surface area contributed by atoms with Crippen LogP contribution in [0.5, 0.6) is 11.5 Å². The van der Waals surface area contributed by atoms with Crippen molar-refractivity contribution in [3.05, 3.63) is 53.1 Å². The van der Waals surface area contributed by atoms with Crippen LogP contribution in [0.1, 0.15) is 23.6 Å². The standard InChI is InChI=1S/C18H22N2O4S/c1-5-24-18-11-15(7-9-17(18)23-4)12-19-20-25(21,22)16-8-6-13(2)14(3)10-16/h6-12,20H,5H2,1-4H3/b19-12+. The molecule has 0 amide bonds. The molecular weight excluding hydrogens is 340 g/mol. The Morgan fingerprint density at radius 1 is 1.08 bits per heavy atom. The van der Waals surface area contributed by atoms with E-state index in [1.54, 1.807) is 43.5 Å². The maximum Gasteiger partial charge on any atom is 0.276 e. The number of benzene rings is 2. The second kappa shape index (κ2) is 8.02. The van der Waals surface area contributed by atoms with Crippen molar-refractivity contribution in [2.75, 3.05) is 13.7 Å². The number of ether oxygens (including phenoxy) is 2. The lowest BCUT2D eigenvalue weighted by Gasteiger charge is -2.09. The van der Waals surface area contributed by atoms with Crippen molar-refractivity contribution >= 4 is 16.2 Å². The van der Waals surface area contributed by atoms with Crippen molar-refractivity contribution in [2.24, 2.45) is 5.10 Å². The first-order valence-electron chi connectivity index (χ1n) is 7.80. The molecule has 134 valence electrons. The first-order valence-corrected chi connectivity index (χ1v) is 9.28. The summed E-state index contributed by atoms with van der Waals surface area (Å²) in [5.74, 6) is 1.18. The van der Waals surface area contributed by atoms with Gasteiger partial charge in [0.2, 0.25) is 0 Å². The molecule has 2 rings (SSSR count). The minimum Gasteiger partial charge on any atom is -0.493 e. The molecule has 0 saturated carbocycles. The van der Waals surface area contributed by atoms with Gasteiger partial charge < -0.3 is 9.47 Å². The molecule has 0 heterocycles. The van der Waals surface area contributed by atoms with Crippen LogP contribution in [0.2, 0.25) is 0 Å². The van der Waals surface area contributed by atoms with E-state index in [4.69, 9.17) is 9.47 Å². The quantitative estimate of drug-likeness (QED) is 0.607. The maximum atomic E-state index is 12.3. The summed E-state index contributed by atoms with van der Waals surface area (Å²) in [6, 6.07) is 10.2. The van der Waals surface area contributed by atoms with Crippen LogP contribution in [0.25, 0.3) is 0 Å². The molecule has 1 N–H and O–H groups in total. The molecule has 25 heavy (non-hydrogen) atoms. The average molecular weight is 362 g/mol. The first kappa shape index (κ1) is 18.8. The van der Waals surface area contributed by atoms with Crippen LogP contribution in [0.3, 0.4) is 0 Å². The van der Waals surface area contributed by atoms with Crippen molar-refractivity contribution in [1.29, 1.82) is 0 Å². The molecular formula is C18H22N2O4S. The molecule has 0 fully saturated rings. The number of rotatable bonds is 7. The Hall–Kier alpha value is -2.54. The van der Waals surface area contributed by atoms with E-state index in [2.05, 4.69) is 9.93 Å². The molecule has 0 saturated heterocycles. The smallest absolute Gasteiger partial charge is 0.276 e. The Morgan fingerprint density at radius 3 is 2.48 bits per heavy atom. The summed E-state index contributed by atoms with van der Waals surface area (Å²) >= 11 is 0. The van der Waals surface area contributed by atoms with E-state index in [1.807, 2.05) is 20.8 Å². The van der Waals surface area contributed by atoms with Crippen LogP contribution in [0.4, 0.5) is 0 Å². The highest BCUT2D eigenvalue weighted by molar-refractivity contribution is 7.89. The van der Waals surface area contributed by atoms with Crippen molar-refractivity contribution in [2.45, 2.75) is 25.7 Å². The summed E-state index contributed by atoms with van der Waals surface area (Å²) in [5.41, 5.74) is 2.62. The first-order chi connectivity index (χ1) is 11.9. The molecule has 0 unspecified atom stereocenters. The molecule has 0 aliphatic heterocycles. The van der Waals surface area contributed by atoms with Crippen LogP contribution in [-0.4, -0.2) is 28.3 Å². The lowest BCUT2D eigenvalue weighted by Crippen LogP contribution is -2.18. The summed E-state index contributed by atoms with van der Waals surface area (Å²) in [6.45, 7) is 6.16. The molecule has 2 aromatic carbocycles. The number of hydrazone groups is 1. The van der Waals surface area contributed by atoms with E-state index >= 15 is 0 Å². The Balaban J connectivity index is 2.16. The van der Waals surface area contributed by atoms with E-state index in [-0.39, 0.29) is 4.90 Å². The number of aryl methyl sites for hydroxylation is 2. The third kappa shape index (κ3) is 4.73. The third-order valence-corrected chi connectivity index (χ3v) is 4.88. The van der Waals surface area contributed by atoms with E-state index < -0.39 is 10.0 Å². The molecule has 6 nitrogen and oxygen atoms in total.